The lowest BCUT2D eigenvalue weighted by Gasteiger charge is -2.32. The Labute approximate surface area is 175 Å². The second kappa shape index (κ2) is 5.55. The molecule has 2 heterocycles. The molecule has 1 aliphatic heterocycles. The van der Waals surface area contributed by atoms with Gasteiger partial charge < -0.3 is 14.9 Å². The van der Waals surface area contributed by atoms with Crippen molar-refractivity contribution in [3.05, 3.63) is 95.1 Å². The van der Waals surface area contributed by atoms with Crippen LogP contribution < -0.4 is 0 Å². The summed E-state index contributed by atoms with van der Waals surface area (Å²) in [7, 11) is 0. The molecule has 0 radical (unpaired) electrons. The Bertz CT molecular complexity index is 1290. The fourth-order valence-corrected chi connectivity index (χ4v) is 5.22. The third-order valence-electron chi connectivity index (χ3n) is 6.52. The number of rotatable bonds is 1. The van der Waals surface area contributed by atoms with Gasteiger partial charge in [-0.2, -0.15) is 0 Å². The fourth-order valence-electron chi connectivity index (χ4n) is 5.22. The third-order valence-corrected chi connectivity index (χ3v) is 6.52. The quantitative estimate of drug-likeness (QED) is 0.569. The maximum atomic E-state index is 13.6. The number of ether oxygens (including phenoxy) is 1. The second-order valence-corrected chi connectivity index (χ2v) is 7.89. The van der Waals surface area contributed by atoms with E-state index in [9.17, 15) is 24.6 Å². The van der Waals surface area contributed by atoms with E-state index in [-0.39, 0.29) is 27.9 Å². The highest BCUT2D eigenvalue weighted by Gasteiger charge is 2.83. The molecule has 6 rings (SSSR count). The van der Waals surface area contributed by atoms with Gasteiger partial charge in [0.05, 0.1) is 11.6 Å². The molecule has 0 saturated carbocycles. The minimum absolute atomic E-state index is 0.00464. The van der Waals surface area contributed by atoms with Crippen molar-refractivity contribution in [2.75, 3.05) is 0 Å². The first-order chi connectivity index (χ1) is 14.9. The maximum absolute atomic E-state index is 13.6. The molecule has 31 heavy (non-hydrogen) atoms. The van der Waals surface area contributed by atoms with E-state index in [1.165, 1.54) is 42.9 Å². The van der Waals surface area contributed by atoms with Gasteiger partial charge in [0, 0.05) is 28.5 Å². The average Bonchev–Trinajstić information content (AvgIpc) is 3.22. The monoisotopic (exact) mass is 414 g/mol. The molecule has 0 bridgehead atoms. The van der Waals surface area contributed by atoms with E-state index < -0.39 is 40.3 Å². The third kappa shape index (κ3) is 1.80. The van der Waals surface area contributed by atoms with Crippen LogP contribution in [0.15, 0.2) is 67.1 Å². The first-order valence-corrected chi connectivity index (χ1v) is 9.61. The lowest BCUT2D eigenvalue weighted by molar-refractivity contribution is -0.255. The van der Waals surface area contributed by atoms with Crippen LogP contribution in [-0.2, 0) is 10.5 Å². The van der Waals surface area contributed by atoms with E-state index in [4.69, 9.17) is 4.74 Å². The standard InChI is InChI=1S/C23H14N2O6/c26-18-12-5-1-2-6-13(12)19(27)21(18)17(16-9-10-24-11-25-16)22(29)20(28)14-7-3-4-8-15(14)23(22,30)31-21/h1-11,17,29-30H/t17-,22-,23+/m0/s1. The molecular weight excluding hydrogens is 400 g/mol. The Kier molecular flexibility index (Phi) is 3.26. The largest absolute Gasteiger partial charge is 0.376 e. The number of hydrogen-bond donors (Lipinski definition) is 2. The van der Waals surface area contributed by atoms with Gasteiger partial charge in [-0.3, -0.25) is 14.4 Å². The lowest BCUT2D eigenvalue weighted by Crippen LogP contribution is -2.54. The molecule has 152 valence electrons. The van der Waals surface area contributed by atoms with Gasteiger partial charge in [-0.05, 0) is 6.07 Å². The molecule has 1 saturated heterocycles. The van der Waals surface area contributed by atoms with Crippen molar-refractivity contribution < 1.29 is 29.3 Å². The summed E-state index contributed by atoms with van der Waals surface area (Å²) in [5, 5.41) is 23.5. The van der Waals surface area contributed by atoms with E-state index in [1.807, 2.05) is 0 Å². The molecule has 8 nitrogen and oxygen atoms in total. The summed E-state index contributed by atoms with van der Waals surface area (Å²) >= 11 is 0. The SMILES string of the molecule is O=C1c2ccccc2C(=O)C12O[C@]1(O)c3ccccc3C(=O)[C@@]1(O)[C@H]2c1ccncn1. The zero-order chi connectivity index (χ0) is 21.6. The molecule has 1 spiro atoms. The molecule has 3 aliphatic rings. The van der Waals surface area contributed by atoms with Gasteiger partial charge in [-0.1, -0.05) is 48.5 Å². The predicted molar refractivity (Wildman–Crippen MR) is 103 cm³/mol. The molecule has 8 heteroatoms. The highest BCUT2D eigenvalue weighted by Crippen LogP contribution is 2.64. The summed E-state index contributed by atoms with van der Waals surface area (Å²) in [6, 6.07) is 13.6. The molecular formula is C23H14N2O6. The molecule has 2 aliphatic carbocycles. The van der Waals surface area contributed by atoms with Crippen LogP contribution in [0.25, 0.3) is 0 Å². The Balaban J connectivity index is 1.70. The number of Topliss-reactive ketones (excluding diaryl/α,β-unsaturated/α-hetero) is 3. The van der Waals surface area contributed by atoms with Crippen molar-refractivity contribution in [1.29, 1.82) is 0 Å². The van der Waals surface area contributed by atoms with Crippen molar-refractivity contribution in [1.82, 2.24) is 9.97 Å². The smallest absolute Gasteiger partial charge is 0.233 e. The minimum Gasteiger partial charge on any atom is -0.376 e. The van der Waals surface area contributed by atoms with Crippen molar-refractivity contribution in [2.45, 2.75) is 22.9 Å². The summed E-state index contributed by atoms with van der Waals surface area (Å²) in [4.78, 5) is 48.7. The summed E-state index contributed by atoms with van der Waals surface area (Å²) in [5.41, 5.74) is -4.74. The van der Waals surface area contributed by atoms with Gasteiger partial charge in [-0.15, -0.1) is 0 Å². The number of hydrogen-bond acceptors (Lipinski definition) is 8. The molecule has 2 N–H and O–H groups in total. The normalized spacial score (nSPS) is 29.9. The zero-order valence-electron chi connectivity index (χ0n) is 15.9. The molecule has 2 aromatic carbocycles. The maximum Gasteiger partial charge on any atom is 0.233 e. The average molecular weight is 414 g/mol. The summed E-state index contributed by atoms with van der Waals surface area (Å²) in [6.07, 6.45) is 2.54. The van der Waals surface area contributed by atoms with E-state index in [0.717, 1.165) is 0 Å². The van der Waals surface area contributed by atoms with Crippen molar-refractivity contribution in [3.8, 4) is 0 Å². The van der Waals surface area contributed by atoms with Gasteiger partial charge in [-0.25, -0.2) is 9.97 Å². The molecule has 3 atom stereocenters. The van der Waals surface area contributed by atoms with Gasteiger partial charge in [0.15, 0.2) is 5.60 Å². The van der Waals surface area contributed by atoms with Crippen LogP contribution >= 0.6 is 0 Å². The second-order valence-electron chi connectivity index (χ2n) is 7.89. The van der Waals surface area contributed by atoms with E-state index in [2.05, 4.69) is 9.97 Å². The van der Waals surface area contributed by atoms with Crippen molar-refractivity contribution in [3.63, 3.8) is 0 Å². The summed E-state index contributed by atoms with van der Waals surface area (Å²) < 4.78 is 5.92. The van der Waals surface area contributed by atoms with Gasteiger partial charge in [0.2, 0.25) is 28.7 Å². The minimum atomic E-state index is -2.65. The Morgan fingerprint density at radius 2 is 1.42 bits per heavy atom. The number of fused-ring (bicyclic) bond motifs is 4. The van der Waals surface area contributed by atoms with Crippen LogP contribution in [0.3, 0.4) is 0 Å². The van der Waals surface area contributed by atoms with Gasteiger partial charge in [0.1, 0.15) is 6.33 Å². The van der Waals surface area contributed by atoms with E-state index in [0.29, 0.717) is 0 Å². The Morgan fingerprint density at radius 3 is 2.03 bits per heavy atom. The highest BCUT2D eigenvalue weighted by molar-refractivity contribution is 6.34. The number of benzene rings is 2. The number of carbonyl (C=O) groups is 3. The van der Waals surface area contributed by atoms with E-state index >= 15 is 0 Å². The van der Waals surface area contributed by atoms with Crippen molar-refractivity contribution >= 4 is 17.3 Å². The van der Waals surface area contributed by atoms with Crippen LogP contribution in [-0.4, -0.2) is 48.7 Å². The van der Waals surface area contributed by atoms with Crippen LogP contribution in [0.5, 0.6) is 0 Å². The fraction of sp³-hybridized carbons (Fsp3) is 0.174. The molecule has 3 aromatic rings. The Hall–Kier alpha value is -3.59. The highest BCUT2D eigenvalue weighted by atomic mass is 16.7. The van der Waals surface area contributed by atoms with Crippen LogP contribution in [0.2, 0.25) is 0 Å². The van der Waals surface area contributed by atoms with Crippen LogP contribution in [0.1, 0.15) is 48.2 Å². The number of aromatic nitrogens is 2. The zero-order valence-corrected chi connectivity index (χ0v) is 15.9. The molecule has 0 unspecified atom stereocenters. The molecule has 0 amide bonds. The lowest BCUT2D eigenvalue weighted by atomic mass is 9.70. The summed E-state index contributed by atoms with van der Waals surface area (Å²) in [5.74, 6) is -6.54. The van der Waals surface area contributed by atoms with Crippen LogP contribution in [0.4, 0.5) is 0 Å². The number of aliphatic hydroxyl groups is 2. The van der Waals surface area contributed by atoms with Gasteiger partial charge >= 0.3 is 0 Å². The van der Waals surface area contributed by atoms with Crippen molar-refractivity contribution in [2.24, 2.45) is 0 Å². The topological polar surface area (TPSA) is 127 Å². The Morgan fingerprint density at radius 1 is 0.806 bits per heavy atom. The van der Waals surface area contributed by atoms with E-state index in [1.54, 1.807) is 24.3 Å². The van der Waals surface area contributed by atoms with Crippen LogP contribution in [0, 0.1) is 0 Å². The predicted octanol–water partition coefficient (Wildman–Crippen LogP) is 1.18. The number of carbonyl (C=O) groups excluding carboxylic acids is 3. The molecule has 1 aromatic heterocycles. The summed E-state index contributed by atoms with van der Waals surface area (Å²) in [6.45, 7) is 0. The van der Waals surface area contributed by atoms with Gasteiger partial charge in [0.25, 0.3) is 0 Å². The molecule has 1 fully saturated rings. The first-order valence-electron chi connectivity index (χ1n) is 9.61. The number of ketones is 3. The number of nitrogens with zero attached hydrogens (tertiary/aromatic N) is 2. The first kappa shape index (κ1) is 18.2.